The molecule has 1 aliphatic heterocycles. The molecule has 14 heteroatoms. The number of hydrogen-bond acceptors (Lipinski definition) is 10. The van der Waals surface area contributed by atoms with Crippen molar-refractivity contribution in [2.45, 2.75) is 29.5 Å². The van der Waals surface area contributed by atoms with Gasteiger partial charge in [-0.2, -0.15) is 5.26 Å². The van der Waals surface area contributed by atoms with E-state index in [0.29, 0.717) is 33.7 Å². The van der Waals surface area contributed by atoms with Gasteiger partial charge in [0.25, 0.3) is 0 Å². The number of thioether (sulfide) groups is 1. The standard InChI is InChI=1S/C27H20ClFN6O4S2/c28-16-3-1-4-17(29)22(16)21-15(11-30)24(31)35(18-5-2-6-19(36)23(18)21)26-33-34-27(41-26)40-12-20(37)32-14-9-7-13(8-10-14)25(38)39/h1,3-4,7-10,21H,2,5-6,12,31H2,(H,32,37)(H,38,39). The first-order valence-corrected chi connectivity index (χ1v) is 14.4. The maximum Gasteiger partial charge on any atom is 0.335 e. The van der Waals surface area contributed by atoms with E-state index < -0.39 is 17.7 Å². The second-order valence-corrected chi connectivity index (χ2v) is 11.6. The Morgan fingerprint density at radius 1 is 1.24 bits per heavy atom. The quantitative estimate of drug-likeness (QED) is 0.308. The van der Waals surface area contributed by atoms with Crippen molar-refractivity contribution in [3.05, 3.63) is 87.1 Å². The number of carbonyl (C=O) groups is 3. The number of rotatable bonds is 7. The zero-order valence-electron chi connectivity index (χ0n) is 21.1. The molecule has 5 rings (SSSR count). The molecule has 1 atom stereocenters. The topological polar surface area (TPSA) is 162 Å². The molecule has 0 saturated carbocycles. The van der Waals surface area contributed by atoms with Crippen LogP contribution in [-0.2, 0) is 9.59 Å². The van der Waals surface area contributed by atoms with Crippen LogP contribution in [0.1, 0.15) is 41.1 Å². The van der Waals surface area contributed by atoms with Crippen LogP contribution >= 0.6 is 34.7 Å². The third-order valence-corrected chi connectivity index (χ3v) is 8.90. The van der Waals surface area contributed by atoms with Gasteiger partial charge in [0.1, 0.15) is 11.6 Å². The summed E-state index contributed by atoms with van der Waals surface area (Å²) in [6.07, 6.45) is 1.21. The van der Waals surface area contributed by atoms with E-state index in [4.69, 9.17) is 22.4 Å². The maximum atomic E-state index is 15.0. The summed E-state index contributed by atoms with van der Waals surface area (Å²) in [6, 6.07) is 12.0. The van der Waals surface area contributed by atoms with Crippen LogP contribution in [0.5, 0.6) is 0 Å². The van der Waals surface area contributed by atoms with E-state index in [2.05, 4.69) is 21.6 Å². The molecule has 1 aromatic heterocycles. The molecule has 208 valence electrons. The van der Waals surface area contributed by atoms with Crippen molar-refractivity contribution < 1.29 is 23.9 Å². The van der Waals surface area contributed by atoms with E-state index in [9.17, 15) is 19.6 Å². The van der Waals surface area contributed by atoms with Crippen molar-refractivity contribution in [1.29, 1.82) is 5.26 Å². The number of halogens is 2. The highest BCUT2D eigenvalue weighted by molar-refractivity contribution is 8.01. The van der Waals surface area contributed by atoms with Gasteiger partial charge in [-0.3, -0.25) is 14.5 Å². The Kier molecular flexibility index (Phi) is 8.07. The summed E-state index contributed by atoms with van der Waals surface area (Å²) < 4.78 is 15.5. The SMILES string of the molecule is N#CC1=C(N)N(c2nnc(SCC(=O)Nc3ccc(C(=O)O)cc3)s2)C2=C(C(=O)CCC2)C1c1c(F)cccc1Cl. The lowest BCUT2D eigenvalue weighted by atomic mass is 9.75. The van der Waals surface area contributed by atoms with Crippen LogP contribution in [0.25, 0.3) is 0 Å². The number of benzene rings is 2. The predicted octanol–water partition coefficient (Wildman–Crippen LogP) is 5.06. The number of nitrogens with one attached hydrogen (secondary N) is 1. The van der Waals surface area contributed by atoms with E-state index in [1.54, 1.807) is 0 Å². The van der Waals surface area contributed by atoms with Gasteiger partial charge in [-0.15, -0.1) is 10.2 Å². The Bertz CT molecular complexity index is 1660. The van der Waals surface area contributed by atoms with Gasteiger partial charge >= 0.3 is 5.97 Å². The van der Waals surface area contributed by atoms with Crippen LogP contribution in [0.2, 0.25) is 5.02 Å². The average molecular weight is 611 g/mol. The molecular weight excluding hydrogens is 591 g/mol. The molecule has 2 heterocycles. The average Bonchev–Trinajstić information content (AvgIpc) is 3.40. The Balaban J connectivity index is 1.40. The maximum absolute atomic E-state index is 15.0. The molecule has 1 aliphatic carbocycles. The second-order valence-electron chi connectivity index (χ2n) is 9.02. The van der Waals surface area contributed by atoms with Crippen LogP contribution in [0.4, 0.5) is 15.2 Å². The Hall–Kier alpha value is -4.25. The molecule has 1 amide bonds. The van der Waals surface area contributed by atoms with E-state index >= 15 is 4.39 Å². The molecule has 0 saturated heterocycles. The number of Topliss-reactive ketones (excluding diaryl/α,β-unsaturated/α-hetero) is 1. The molecule has 4 N–H and O–H groups in total. The smallest absolute Gasteiger partial charge is 0.335 e. The molecular formula is C27H20ClFN6O4S2. The number of carbonyl (C=O) groups excluding carboxylic acids is 2. The fourth-order valence-corrected chi connectivity index (χ4v) is 6.70. The van der Waals surface area contributed by atoms with Crippen molar-refractivity contribution in [3.8, 4) is 6.07 Å². The number of aromatic carboxylic acids is 1. The van der Waals surface area contributed by atoms with Crippen molar-refractivity contribution in [2.24, 2.45) is 5.73 Å². The Morgan fingerprint density at radius 3 is 2.68 bits per heavy atom. The van der Waals surface area contributed by atoms with Crippen LogP contribution in [0.3, 0.4) is 0 Å². The third kappa shape index (κ3) is 5.54. The number of nitrogens with two attached hydrogens (primary N) is 1. The molecule has 0 fully saturated rings. The zero-order chi connectivity index (χ0) is 29.3. The fourth-order valence-electron chi connectivity index (χ4n) is 4.75. The largest absolute Gasteiger partial charge is 0.478 e. The van der Waals surface area contributed by atoms with Gasteiger partial charge in [-0.1, -0.05) is 40.8 Å². The third-order valence-electron chi connectivity index (χ3n) is 6.53. The van der Waals surface area contributed by atoms with Gasteiger partial charge in [-0.25, -0.2) is 9.18 Å². The lowest BCUT2D eigenvalue weighted by molar-refractivity contribution is -0.116. The summed E-state index contributed by atoms with van der Waals surface area (Å²) in [4.78, 5) is 38.2. The minimum Gasteiger partial charge on any atom is -0.478 e. The van der Waals surface area contributed by atoms with E-state index in [1.165, 1.54) is 47.4 Å². The predicted molar refractivity (Wildman–Crippen MR) is 152 cm³/mol. The number of ketones is 1. The summed E-state index contributed by atoms with van der Waals surface area (Å²) in [5.74, 6) is -3.34. The first-order chi connectivity index (χ1) is 19.7. The first kappa shape index (κ1) is 28.3. The lowest BCUT2D eigenvalue weighted by Crippen LogP contribution is -2.39. The minimum absolute atomic E-state index is 0.000482. The van der Waals surface area contributed by atoms with Crippen LogP contribution in [0, 0.1) is 17.1 Å². The summed E-state index contributed by atoms with van der Waals surface area (Å²) in [7, 11) is 0. The van der Waals surface area contributed by atoms with Crippen molar-refractivity contribution in [3.63, 3.8) is 0 Å². The summed E-state index contributed by atoms with van der Waals surface area (Å²) in [5.41, 5.74) is 7.81. The van der Waals surface area contributed by atoms with Gasteiger partial charge < -0.3 is 16.2 Å². The number of carboxylic acids is 1. The molecule has 41 heavy (non-hydrogen) atoms. The van der Waals surface area contributed by atoms with E-state index in [-0.39, 0.29) is 57.0 Å². The van der Waals surface area contributed by atoms with Crippen LogP contribution < -0.4 is 16.0 Å². The number of allylic oxidation sites excluding steroid dienone is 3. The molecule has 10 nitrogen and oxygen atoms in total. The van der Waals surface area contributed by atoms with Crippen LogP contribution in [-0.4, -0.2) is 38.7 Å². The van der Waals surface area contributed by atoms with Gasteiger partial charge in [0.15, 0.2) is 10.1 Å². The fraction of sp³-hybridized carbons (Fsp3) is 0.185. The van der Waals surface area contributed by atoms with E-state index in [0.717, 1.165) is 23.1 Å². The van der Waals surface area contributed by atoms with Crippen molar-refractivity contribution in [1.82, 2.24) is 10.2 Å². The number of nitrogens with zero attached hydrogens (tertiary/aromatic N) is 4. The molecule has 0 spiro atoms. The molecule has 2 aromatic carbocycles. The van der Waals surface area contributed by atoms with Gasteiger partial charge in [0.2, 0.25) is 11.0 Å². The Morgan fingerprint density at radius 2 is 2.00 bits per heavy atom. The lowest BCUT2D eigenvalue weighted by Gasteiger charge is -2.38. The highest BCUT2D eigenvalue weighted by Gasteiger charge is 2.43. The van der Waals surface area contributed by atoms with Crippen molar-refractivity contribution >= 4 is 63.2 Å². The number of hydrogen-bond donors (Lipinski definition) is 3. The van der Waals surface area contributed by atoms with Gasteiger partial charge in [-0.05, 0) is 49.2 Å². The number of amides is 1. The highest BCUT2D eigenvalue weighted by Crippen LogP contribution is 2.48. The monoisotopic (exact) mass is 610 g/mol. The molecule has 2 aliphatic rings. The van der Waals surface area contributed by atoms with Gasteiger partial charge in [0, 0.05) is 34.0 Å². The number of nitriles is 1. The molecule has 0 bridgehead atoms. The molecule has 3 aromatic rings. The van der Waals surface area contributed by atoms with Crippen LogP contribution in [0.15, 0.2) is 69.5 Å². The minimum atomic E-state index is -1.07. The summed E-state index contributed by atoms with van der Waals surface area (Å²) in [5, 5.41) is 30.5. The normalized spacial score (nSPS) is 16.9. The number of anilines is 2. The Labute approximate surface area is 246 Å². The zero-order valence-corrected chi connectivity index (χ0v) is 23.4. The second kappa shape index (κ2) is 11.7. The number of aromatic nitrogens is 2. The van der Waals surface area contributed by atoms with Crippen molar-refractivity contribution in [2.75, 3.05) is 16.0 Å². The number of carboxylic acid groups (broad SMARTS) is 1. The highest BCUT2D eigenvalue weighted by atomic mass is 35.5. The van der Waals surface area contributed by atoms with E-state index in [1.807, 2.05) is 0 Å². The summed E-state index contributed by atoms with van der Waals surface area (Å²) in [6.45, 7) is 0. The molecule has 0 radical (unpaired) electrons. The molecule has 1 unspecified atom stereocenters. The summed E-state index contributed by atoms with van der Waals surface area (Å²) >= 11 is 8.60. The first-order valence-electron chi connectivity index (χ1n) is 12.2. The van der Waals surface area contributed by atoms with Gasteiger partial charge in [0.05, 0.1) is 28.9 Å².